The highest BCUT2D eigenvalue weighted by Gasteiger charge is 2.27. The molecule has 0 saturated heterocycles. The number of carbonyl (C=O) groups is 1. The number of aromatic nitrogens is 1. The van der Waals surface area contributed by atoms with Crippen LogP contribution in [0.15, 0.2) is 48.0 Å². The summed E-state index contributed by atoms with van der Waals surface area (Å²) in [6.07, 6.45) is 2.94. The monoisotopic (exact) mass is 320 g/mol. The van der Waals surface area contributed by atoms with Gasteiger partial charge in [-0.25, -0.2) is 8.42 Å². The first-order valence-corrected chi connectivity index (χ1v) is 7.99. The summed E-state index contributed by atoms with van der Waals surface area (Å²) in [4.78, 5) is 15.2. The van der Waals surface area contributed by atoms with Gasteiger partial charge in [-0.2, -0.15) is 4.31 Å². The molecule has 0 radical (unpaired) electrons. The van der Waals surface area contributed by atoms with E-state index in [0.717, 1.165) is 9.87 Å². The van der Waals surface area contributed by atoms with Crippen molar-refractivity contribution in [3.05, 3.63) is 48.7 Å². The van der Waals surface area contributed by atoms with Gasteiger partial charge in [-0.1, -0.05) is 12.1 Å². The minimum absolute atomic E-state index is 0.0456. The van der Waals surface area contributed by atoms with E-state index < -0.39 is 22.5 Å². The Balaban J connectivity index is 2.64. The highest BCUT2D eigenvalue weighted by molar-refractivity contribution is 7.89. The van der Waals surface area contributed by atoms with Gasteiger partial charge >= 0.3 is 5.97 Å². The van der Waals surface area contributed by atoms with Gasteiger partial charge in [0, 0.05) is 18.1 Å². The molecule has 0 fully saturated rings. The van der Waals surface area contributed by atoms with Crippen LogP contribution >= 0.6 is 0 Å². The molecule has 7 heteroatoms. The molecule has 2 aromatic rings. The van der Waals surface area contributed by atoms with Crippen molar-refractivity contribution in [2.24, 2.45) is 0 Å². The molecule has 0 aliphatic rings. The molecule has 1 heterocycles. The molecule has 0 unspecified atom stereocenters. The summed E-state index contributed by atoms with van der Waals surface area (Å²) >= 11 is 0. The summed E-state index contributed by atoms with van der Waals surface area (Å²) in [5.41, 5.74) is 1.43. The molecule has 1 N–H and O–H groups in total. The van der Waals surface area contributed by atoms with Crippen molar-refractivity contribution in [2.45, 2.75) is 11.8 Å². The zero-order valence-corrected chi connectivity index (χ0v) is 12.9. The molecular formula is C15H16N2O4S. The Morgan fingerprint density at radius 3 is 2.77 bits per heavy atom. The van der Waals surface area contributed by atoms with E-state index in [4.69, 9.17) is 5.11 Å². The number of benzene rings is 1. The second-order valence-corrected chi connectivity index (χ2v) is 6.67. The van der Waals surface area contributed by atoms with Crippen molar-refractivity contribution in [1.82, 2.24) is 9.29 Å². The van der Waals surface area contributed by atoms with Crippen LogP contribution in [-0.2, 0) is 14.8 Å². The van der Waals surface area contributed by atoms with E-state index in [2.05, 4.69) is 11.6 Å². The lowest BCUT2D eigenvalue weighted by Crippen LogP contribution is -2.35. The Morgan fingerprint density at radius 2 is 2.14 bits per heavy atom. The first kappa shape index (κ1) is 16.1. The second-order valence-electron chi connectivity index (χ2n) is 4.76. The minimum atomic E-state index is -3.96. The topological polar surface area (TPSA) is 87.6 Å². The fourth-order valence-electron chi connectivity index (χ4n) is 2.19. The molecule has 1 aromatic carbocycles. The highest BCUT2D eigenvalue weighted by atomic mass is 32.2. The fraction of sp³-hybridized carbons (Fsp3) is 0.200. The van der Waals surface area contributed by atoms with Gasteiger partial charge in [0.15, 0.2) is 0 Å². The molecule has 0 atom stereocenters. The first-order chi connectivity index (χ1) is 10.4. The number of pyridine rings is 1. The fourth-order valence-corrected chi connectivity index (χ4v) is 3.74. The lowest BCUT2D eigenvalue weighted by molar-refractivity contribution is -0.137. The lowest BCUT2D eigenvalue weighted by Gasteiger charge is -2.20. The van der Waals surface area contributed by atoms with E-state index >= 15 is 0 Å². The van der Waals surface area contributed by atoms with Gasteiger partial charge in [0.05, 0.1) is 10.4 Å². The number of carboxylic acid groups (broad SMARTS) is 1. The summed E-state index contributed by atoms with van der Waals surface area (Å²) in [6, 6.07) is 6.45. The average molecular weight is 320 g/mol. The van der Waals surface area contributed by atoms with Gasteiger partial charge in [-0.3, -0.25) is 9.78 Å². The van der Waals surface area contributed by atoms with E-state index in [1.54, 1.807) is 24.4 Å². The Morgan fingerprint density at radius 1 is 1.41 bits per heavy atom. The van der Waals surface area contributed by atoms with Gasteiger partial charge in [-0.05, 0) is 30.7 Å². The molecule has 0 amide bonds. The molecular weight excluding hydrogens is 304 g/mol. The van der Waals surface area contributed by atoms with E-state index in [9.17, 15) is 13.2 Å². The van der Waals surface area contributed by atoms with E-state index in [-0.39, 0.29) is 11.4 Å². The van der Waals surface area contributed by atoms with Crippen LogP contribution < -0.4 is 0 Å². The van der Waals surface area contributed by atoms with E-state index in [1.807, 2.05) is 6.92 Å². The number of aryl methyl sites for hydroxylation is 1. The van der Waals surface area contributed by atoms with Gasteiger partial charge in [-0.15, -0.1) is 6.58 Å². The first-order valence-electron chi connectivity index (χ1n) is 6.55. The standard InChI is InChI=1S/C15H16N2O4S/c1-3-9-17(10-14(18)19)22(20,21)13-7-6-11(2)15-12(13)5-4-8-16-15/h3-8H,1,9-10H2,2H3,(H,18,19). The number of aliphatic carboxylic acids is 1. The summed E-state index contributed by atoms with van der Waals surface area (Å²) < 4.78 is 26.4. The number of rotatable bonds is 6. The van der Waals surface area contributed by atoms with Crippen LogP contribution in [0.4, 0.5) is 0 Å². The maximum atomic E-state index is 12.8. The predicted molar refractivity (Wildman–Crippen MR) is 83.1 cm³/mol. The molecule has 6 nitrogen and oxygen atoms in total. The van der Waals surface area contributed by atoms with Crippen molar-refractivity contribution in [2.75, 3.05) is 13.1 Å². The normalized spacial score (nSPS) is 11.7. The third kappa shape index (κ3) is 3.00. The number of hydrogen-bond acceptors (Lipinski definition) is 4. The van der Waals surface area contributed by atoms with Crippen molar-refractivity contribution in [1.29, 1.82) is 0 Å². The predicted octanol–water partition coefficient (Wildman–Crippen LogP) is 1.80. The van der Waals surface area contributed by atoms with Crippen LogP contribution in [0, 0.1) is 6.92 Å². The van der Waals surface area contributed by atoms with Gasteiger partial charge < -0.3 is 5.11 Å². The molecule has 22 heavy (non-hydrogen) atoms. The molecule has 0 aliphatic heterocycles. The summed E-state index contributed by atoms with van der Waals surface area (Å²) in [7, 11) is -3.96. The largest absolute Gasteiger partial charge is 0.480 e. The maximum absolute atomic E-state index is 12.8. The molecule has 0 bridgehead atoms. The SMILES string of the molecule is C=CCN(CC(=O)O)S(=O)(=O)c1ccc(C)c2ncccc12. The molecule has 2 rings (SSSR count). The zero-order chi connectivity index (χ0) is 16.3. The van der Waals surface area contributed by atoms with Crippen molar-refractivity contribution < 1.29 is 18.3 Å². The average Bonchev–Trinajstić information content (AvgIpc) is 2.47. The van der Waals surface area contributed by atoms with Crippen LogP contribution in [0.1, 0.15) is 5.56 Å². The van der Waals surface area contributed by atoms with Crippen molar-refractivity contribution >= 4 is 26.9 Å². The van der Waals surface area contributed by atoms with Crippen LogP contribution in [0.5, 0.6) is 0 Å². The van der Waals surface area contributed by atoms with Crippen LogP contribution in [0.2, 0.25) is 0 Å². The maximum Gasteiger partial charge on any atom is 0.318 e. The highest BCUT2D eigenvalue weighted by Crippen LogP contribution is 2.26. The molecule has 0 spiro atoms. The van der Waals surface area contributed by atoms with Gasteiger partial charge in [0.25, 0.3) is 0 Å². The molecule has 0 aliphatic carbocycles. The Labute approximate surface area is 128 Å². The number of nitrogens with zero attached hydrogens (tertiary/aromatic N) is 2. The zero-order valence-electron chi connectivity index (χ0n) is 12.1. The van der Waals surface area contributed by atoms with E-state index in [0.29, 0.717) is 10.9 Å². The Hall–Kier alpha value is -2.25. The third-order valence-electron chi connectivity index (χ3n) is 3.19. The molecule has 116 valence electrons. The smallest absolute Gasteiger partial charge is 0.318 e. The van der Waals surface area contributed by atoms with Gasteiger partial charge in [0.2, 0.25) is 10.0 Å². The minimum Gasteiger partial charge on any atom is -0.480 e. The Kier molecular flexibility index (Phi) is 4.58. The number of hydrogen-bond donors (Lipinski definition) is 1. The van der Waals surface area contributed by atoms with Crippen LogP contribution in [0.3, 0.4) is 0 Å². The van der Waals surface area contributed by atoms with Crippen LogP contribution in [0.25, 0.3) is 10.9 Å². The quantitative estimate of drug-likeness (QED) is 0.820. The van der Waals surface area contributed by atoms with Crippen molar-refractivity contribution in [3.63, 3.8) is 0 Å². The Bertz CT molecular complexity index is 831. The van der Waals surface area contributed by atoms with Crippen molar-refractivity contribution in [3.8, 4) is 0 Å². The van der Waals surface area contributed by atoms with Gasteiger partial charge in [0.1, 0.15) is 6.54 Å². The van der Waals surface area contributed by atoms with Crippen LogP contribution in [-0.4, -0.2) is 41.9 Å². The lowest BCUT2D eigenvalue weighted by atomic mass is 10.1. The number of fused-ring (bicyclic) bond motifs is 1. The molecule has 1 aromatic heterocycles. The number of carboxylic acids is 1. The summed E-state index contributed by atoms with van der Waals surface area (Å²) in [5.74, 6) is -1.22. The number of sulfonamides is 1. The van der Waals surface area contributed by atoms with E-state index in [1.165, 1.54) is 12.1 Å². The second kappa shape index (κ2) is 6.25. The summed E-state index contributed by atoms with van der Waals surface area (Å²) in [5, 5.41) is 9.40. The molecule has 0 saturated carbocycles. The third-order valence-corrected chi connectivity index (χ3v) is 5.06. The summed E-state index contributed by atoms with van der Waals surface area (Å²) in [6.45, 7) is 4.62.